The summed E-state index contributed by atoms with van der Waals surface area (Å²) in [6.07, 6.45) is 2.25. The molecule has 2 amide bonds. The van der Waals surface area contributed by atoms with Crippen molar-refractivity contribution in [3.8, 4) is 0 Å². The molecule has 0 spiro atoms. The predicted octanol–water partition coefficient (Wildman–Crippen LogP) is -0.974. The summed E-state index contributed by atoms with van der Waals surface area (Å²) in [4.78, 5) is 10.3. The first-order valence-electron chi connectivity index (χ1n) is 3.56. The zero-order valence-corrected chi connectivity index (χ0v) is 6.82. The third-order valence-electron chi connectivity index (χ3n) is 1.45. The van der Waals surface area contributed by atoms with E-state index in [-0.39, 0.29) is 0 Å². The van der Waals surface area contributed by atoms with E-state index in [9.17, 15) is 4.79 Å². The second kappa shape index (κ2) is 3.70. The van der Waals surface area contributed by atoms with Crippen molar-refractivity contribution in [2.45, 2.75) is 6.42 Å². The topological polar surface area (TPSA) is 85.8 Å². The first-order chi connectivity index (χ1) is 5.70. The van der Waals surface area contributed by atoms with Crippen LogP contribution in [-0.2, 0) is 13.5 Å². The summed E-state index contributed by atoms with van der Waals surface area (Å²) in [5, 5.41) is 9.99. The fourth-order valence-corrected chi connectivity index (χ4v) is 0.831. The number of aryl methyl sites for hydroxylation is 1. The maximum Gasteiger partial charge on any atom is 0.312 e. The number of aromatic nitrogens is 3. The van der Waals surface area contributed by atoms with Gasteiger partial charge in [-0.25, -0.2) is 4.79 Å². The lowest BCUT2D eigenvalue weighted by atomic mass is 10.4. The quantitative estimate of drug-likeness (QED) is 0.610. The second-order valence-electron chi connectivity index (χ2n) is 2.40. The predicted molar refractivity (Wildman–Crippen MR) is 42.3 cm³/mol. The van der Waals surface area contributed by atoms with Crippen LogP contribution >= 0.6 is 0 Å². The minimum atomic E-state index is -0.517. The van der Waals surface area contributed by atoms with Gasteiger partial charge in [-0.15, -0.1) is 10.2 Å². The van der Waals surface area contributed by atoms with Crippen LogP contribution in [0.5, 0.6) is 0 Å². The minimum absolute atomic E-state index is 0.488. The van der Waals surface area contributed by atoms with Crippen LogP contribution < -0.4 is 11.1 Å². The van der Waals surface area contributed by atoms with E-state index in [1.54, 1.807) is 10.9 Å². The lowest BCUT2D eigenvalue weighted by Crippen LogP contribution is -2.31. The smallest absolute Gasteiger partial charge is 0.312 e. The largest absolute Gasteiger partial charge is 0.352 e. The number of amides is 2. The molecule has 0 aromatic carbocycles. The first kappa shape index (κ1) is 8.51. The van der Waals surface area contributed by atoms with Crippen molar-refractivity contribution in [1.29, 1.82) is 0 Å². The van der Waals surface area contributed by atoms with Gasteiger partial charge in [0.2, 0.25) is 0 Å². The molecule has 12 heavy (non-hydrogen) atoms. The van der Waals surface area contributed by atoms with Gasteiger partial charge >= 0.3 is 6.03 Å². The first-order valence-corrected chi connectivity index (χ1v) is 3.56. The van der Waals surface area contributed by atoms with Gasteiger partial charge in [0, 0.05) is 20.0 Å². The van der Waals surface area contributed by atoms with E-state index in [4.69, 9.17) is 5.73 Å². The van der Waals surface area contributed by atoms with E-state index in [1.165, 1.54) is 0 Å². The normalized spacial score (nSPS) is 9.75. The Labute approximate surface area is 69.8 Å². The molecule has 0 saturated heterocycles. The third-order valence-corrected chi connectivity index (χ3v) is 1.45. The van der Waals surface area contributed by atoms with Crippen molar-refractivity contribution < 1.29 is 4.79 Å². The van der Waals surface area contributed by atoms with Gasteiger partial charge in [0.1, 0.15) is 12.2 Å². The average molecular weight is 169 g/mol. The van der Waals surface area contributed by atoms with Crippen molar-refractivity contribution in [3.63, 3.8) is 0 Å². The number of carbonyl (C=O) groups is 1. The highest BCUT2D eigenvalue weighted by atomic mass is 16.2. The number of hydrogen-bond acceptors (Lipinski definition) is 3. The summed E-state index contributed by atoms with van der Waals surface area (Å²) in [5.41, 5.74) is 4.88. The van der Waals surface area contributed by atoms with Gasteiger partial charge in [-0.3, -0.25) is 0 Å². The molecule has 1 heterocycles. The molecule has 0 aliphatic carbocycles. The Hall–Kier alpha value is -1.59. The molecule has 0 atom stereocenters. The summed E-state index contributed by atoms with van der Waals surface area (Å²) in [5.74, 6) is 0.823. The Balaban J connectivity index is 2.33. The van der Waals surface area contributed by atoms with Gasteiger partial charge in [0.25, 0.3) is 0 Å². The maximum atomic E-state index is 10.3. The highest BCUT2D eigenvalue weighted by Gasteiger charge is 1.99. The molecular formula is C6H11N5O. The summed E-state index contributed by atoms with van der Waals surface area (Å²) in [6.45, 7) is 0.488. The molecule has 6 nitrogen and oxygen atoms in total. The van der Waals surface area contributed by atoms with Gasteiger partial charge < -0.3 is 15.6 Å². The molecule has 0 saturated carbocycles. The highest BCUT2D eigenvalue weighted by Crippen LogP contribution is 1.90. The zero-order chi connectivity index (χ0) is 8.97. The summed E-state index contributed by atoms with van der Waals surface area (Å²) in [7, 11) is 1.85. The molecular weight excluding hydrogens is 158 g/mol. The van der Waals surface area contributed by atoms with Crippen LogP contribution in [0.3, 0.4) is 0 Å². The fraction of sp³-hybridized carbons (Fsp3) is 0.500. The van der Waals surface area contributed by atoms with Gasteiger partial charge in [-0.2, -0.15) is 0 Å². The third kappa shape index (κ3) is 2.22. The molecule has 1 rings (SSSR count). The molecule has 0 bridgehead atoms. The Morgan fingerprint density at radius 1 is 1.83 bits per heavy atom. The van der Waals surface area contributed by atoms with Gasteiger partial charge in [0.15, 0.2) is 0 Å². The van der Waals surface area contributed by atoms with E-state index in [2.05, 4.69) is 15.5 Å². The van der Waals surface area contributed by atoms with E-state index in [0.29, 0.717) is 13.0 Å². The van der Waals surface area contributed by atoms with Crippen LogP contribution in [-0.4, -0.2) is 27.3 Å². The fourth-order valence-electron chi connectivity index (χ4n) is 0.831. The van der Waals surface area contributed by atoms with Crippen LogP contribution in [0.4, 0.5) is 4.79 Å². The Morgan fingerprint density at radius 3 is 3.08 bits per heavy atom. The molecule has 1 aromatic heterocycles. The molecule has 0 unspecified atom stereocenters. The number of nitrogens with two attached hydrogens (primary N) is 1. The summed E-state index contributed by atoms with van der Waals surface area (Å²) >= 11 is 0. The minimum Gasteiger partial charge on any atom is -0.352 e. The van der Waals surface area contributed by atoms with Crippen molar-refractivity contribution in [1.82, 2.24) is 20.1 Å². The second-order valence-corrected chi connectivity index (χ2v) is 2.40. The number of primary amides is 1. The molecule has 0 aliphatic rings. The Kier molecular flexibility index (Phi) is 2.62. The Morgan fingerprint density at radius 2 is 2.58 bits per heavy atom. The van der Waals surface area contributed by atoms with Crippen molar-refractivity contribution in [3.05, 3.63) is 12.2 Å². The van der Waals surface area contributed by atoms with E-state index < -0.39 is 6.03 Å². The molecule has 0 radical (unpaired) electrons. The lowest BCUT2D eigenvalue weighted by molar-refractivity contribution is 0.249. The van der Waals surface area contributed by atoms with Gasteiger partial charge in [0.05, 0.1) is 0 Å². The Bertz CT molecular complexity index is 269. The summed E-state index contributed by atoms with van der Waals surface area (Å²) in [6, 6.07) is -0.517. The van der Waals surface area contributed by atoms with Gasteiger partial charge in [-0.1, -0.05) is 0 Å². The maximum absolute atomic E-state index is 10.3. The zero-order valence-electron chi connectivity index (χ0n) is 6.82. The molecule has 6 heteroatoms. The van der Waals surface area contributed by atoms with E-state index >= 15 is 0 Å². The van der Waals surface area contributed by atoms with E-state index in [0.717, 1.165) is 5.82 Å². The van der Waals surface area contributed by atoms with Gasteiger partial charge in [-0.05, 0) is 0 Å². The van der Waals surface area contributed by atoms with Crippen molar-refractivity contribution >= 4 is 6.03 Å². The molecule has 0 aliphatic heterocycles. The van der Waals surface area contributed by atoms with Crippen LogP contribution in [0.15, 0.2) is 6.33 Å². The van der Waals surface area contributed by atoms with Crippen molar-refractivity contribution in [2.75, 3.05) is 6.54 Å². The summed E-state index contributed by atoms with van der Waals surface area (Å²) < 4.78 is 1.79. The number of carbonyl (C=O) groups excluding carboxylic acids is 1. The highest BCUT2D eigenvalue weighted by molar-refractivity contribution is 5.71. The van der Waals surface area contributed by atoms with Crippen molar-refractivity contribution in [2.24, 2.45) is 12.8 Å². The SMILES string of the molecule is Cn1cnnc1CCNC(N)=O. The number of nitrogens with one attached hydrogen (secondary N) is 1. The monoisotopic (exact) mass is 169 g/mol. The van der Waals surface area contributed by atoms with Crippen LogP contribution in [0, 0.1) is 0 Å². The average Bonchev–Trinajstić information content (AvgIpc) is 2.36. The number of rotatable bonds is 3. The van der Waals surface area contributed by atoms with E-state index in [1.807, 2.05) is 7.05 Å². The number of hydrogen-bond donors (Lipinski definition) is 2. The van der Waals surface area contributed by atoms with Crippen LogP contribution in [0.1, 0.15) is 5.82 Å². The van der Waals surface area contributed by atoms with Crippen LogP contribution in [0.25, 0.3) is 0 Å². The number of nitrogens with zero attached hydrogens (tertiary/aromatic N) is 3. The molecule has 1 aromatic rings. The molecule has 3 N–H and O–H groups in total. The standard InChI is InChI=1S/C6H11N5O/c1-11-4-9-10-5(11)2-3-8-6(7)12/h4H,2-3H2,1H3,(H3,7,8,12). The van der Waals surface area contributed by atoms with Crippen LogP contribution in [0.2, 0.25) is 0 Å². The lowest BCUT2D eigenvalue weighted by Gasteiger charge is -2.00. The molecule has 66 valence electrons. The number of urea groups is 1. The molecule has 0 fully saturated rings.